The van der Waals surface area contributed by atoms with E-state index >= 15 is 0 Å². The van der Waals surface area contributed by atoms with Crippen molar-refractivity contribution in [3.8, 4) is 0 Å². The summed E-state index contributed by atoms with van der Waals surface area (Å²) in [5, 5.41) is 3.07. The summed E-state index contributed by atoms with van der Waals surface area (Å²) in [6.07, 6.45) is 6.19. The Bertz CT molecular complexity index is 451. The molecule has 0 aromatic heterocycles. The maximum Gasteiger partial charge on any atom is 0.220 e. The number of carbonyl (C=O) groups is 1. The molecule has 2 saturated carbocycles. The molecule has 1 N–H and O–H groups in total. The number of carbonyl (C=O) groups excluding carboxylic acids is 1. The molecule has 1 amide bonds. The monoisotopic (exact) mass is 257 g/mol. The molecule has 0 spiro atoms. The van der Waals surface area contributed by atoms with E-state index in [1.165, 1.54) is 36.8 Å². The van der Waals surface area contributed by atoms with Crippen LogP contribution in [0.2, 0.25) is 0 Å². The minimum atomic E-state index is 0.234. The standard InChI is InChI=1S/C17H23NO/c1-12-2-4-13(5-3-12)11-18-17(19)10-16-9-14-6-7-15(16)8-14/h2-5,14-16H,6-11H2,1H3,(H,18,19). The molecular formula is C17H23NO. The van der Waals surface area contributed by atoms with Gasteiger partial charge in [0.2, 0.25) is 5.91 Å². The summed E-state index contributed by atoms with van der Waals surface area (Å²) < 4.78 is 0. The fourth-order valence-corrected chi connectivity index (χ4v) is 3.84. The second kappa shape index (κ2) is 5.36. The molecule has 2 bridgehead atoms. The van der Waals surface area contributed by atoms with E-state index in [0.29, 0.717) is 12.5 Å². The Balaban J connectivity index is 1.45. The Morgan fingerprint density at radius 1 is 1.21 bits per heavy atom. The first kappa shape index (κ1) is 12.7. The number of amides is 1. The molecule has 0 saturated heterocycles. The van der Waals surface area contributed by atoms with Crippen LogP contribution in [0.4, 0.5) is 0 Å². The van der Waals surface area contributed by atoms with Crippen molar-refractivity contribution >= 4 is 5.91 Å². The highest BCUT2D eigenvalue weighted by Crippen LogP contribution is 2.49. The molecule has 2 nitrogen and oxygen atoms in total. The third-order valence-corrected chi connectivity index (χ3v) is 4.94. The lowest BCUT2D eigenvalue weighted by Gasteiger charge is -2.20. The minimum absolute atomic E-state index is 0.234. The molecule has 3 unspecified atom stereocenters. The van der Waals surface area contributed by atoms with E-state index in [1.54, 1.807) is 0 Å². The highest BCUT2D eigenvalue weighted by Gasteiger charge is 2.39. The molecule has 0 heterocycles. The fraction of sp³-hybridized carbons (Fsp3) is 0.588. The molecule has 1 aromatic rings. The summed E-state index contributed by atoms with van der Waals surface area (Å²) in [5.74, 6) is 2.67. The summed E-state index contributed by atoms with van der Waals surface area (Å²) >= 11 is 0. The van der Waals surface area contributed by atoms with Gasteiger partial charge in [0.1, 0.15) is 0 Å². The van der Waals surface area contributed by atoms with Crippen LogP contribution in [0.5, 0.6) is 0 Å². The third-order valence-electron chi connectivity index (χ3n) is 4.94. The van der Waals surface area contributed by atoms with Crippen LogP contribution in [-0.4, -0.2) is 5.91 Å². The lowest BCUT2D eigenvalue weighted by molar-refractivity contribution is -0.122. The van der Waals surface area contributed by atoms with E-state index in [-0.39, 0.29) is 5.91 Å². The predicted octanol–water partition coefficient (Wildman–Crippen LogP) is 3.44. The number of rotatable bonds is 4. The van der Waals surface area contributed by atoms with Crippen molar-refractivity contribution in [2.75, 3.05) is 0 Å². The van der Waals surface area contributed by atoms with Gasteiger partial charge in [0.25, 0.3) is 0 Å². The van der Waals surface area contributed by atoms with Gasteiger partial charge >= 0.3 is 0 Å². The Labute approximate surface area is 115 Å². The number of benzene rings is 1. The van der Waals surface area contributed by atoms with Gasteiger partial charge in [-0.25, -0.2) is 0 Å². The highest BCUT2D eigenvalue weighted by molar-refractivity contribution is 5.76. The average molecular weight is 257 g/mol. The van der Waals surface area contributed by atoms with E-state index in [1.807, 2.05) is 0 Å². The Morgan fingerprint density at radius 3 is 2.63 bits per heavy atom. The van der Waals surface area contributed by atoms with Gasteiger partial charge in [-0.15, -0.1) is 0 Å². The quantitative estimate of drug-likeness (QED) is 0.879. The molecule has 3 atom stereocenters. The minimum Gasteiger partial charge on any atom is -0.352 e. The summed E-state index contributed by atoms with van der Waals surface area (Å²) in [6.45, 7) is 2.75. The molecular weight excluding hydrogens is 234 g/mol. The topological polar surface area (TPSA) is 29.1 Å². The van der Waals surface area contributed by atoms with E-state index in [0.717, 1.165) is 18.3 Å². The predicted molar refractivity (Wildman–Crippen MR) is 76.6 cm³/mol. The van der Waals surface area contributed by atoms with E-state index in [9.17, 15) is 4.79 Å². The van der Waals surface area contributed by atoms with Gasteiger partial charge in [-0.2, -0.15) is 0 Å². The molecule has 1 aromatic carbocycles. The normalized spacial score (nSPS) is 28.6. The van der Waals surface area contributed by atoms with Crippen LogP contribution in [0, 0.1) is 24.7 Å². The highest BCUT2D eigenvalue weighted by atomic mass is 16.1. The van der Waals surface area contributed by atoms with Gasteiger partial charge in [-0.05, 0) is 49.5 Å². The van der Waals surface area contributed by atoms with Gasteiger partial charge in [0, 0.05) is 13.0 Å². The number of fused-ring (bicyclic) bond motifs is 2. The lowest BCUT2D eigenvalue weighted by atomic mass is 9.86. The second-order valence-corrected chi connectivity index (χ2v) is 6.40. The van der Waals surface area contributed by atoms with Crippen LogP contribution >= 0.6 is 0 Å². The second-order valence-electron chi connectivity index (χ2n) is 6.40. The summed E-state index contributed by atoms with van der Waals surface area (Å²) in [5.41, 5.74) is 2.45. The Hall–Kier alpha value is -1.31. The fourth-order valence-electron chi connectivity index (χ4n) is 3.84. The van der Waals surface area contributed by atoms with Crippen LogP contribution in [0.15, 0.2) is 24.3 Å². The van der Waals surface area contributed by atoms with Crippen LogP contribution in [0.1, 0.15) is 43.2 Å². The largest absolute Gasteiger partial charge is 0.352 e. The number of aryl methyl sites for hydroxylation is 1. The number of nitrogens with one attached hydrogen (secondary N) is 1. The summed E-state index contributed by atoms with van der Waals surface area (Å²) in [7, 11) is 0. The van der Waals surface area contributed by atoms with Crippen molar-refractivity contribution < 1.29 is 4.79 Å². The van der Waals surface area contributed by atoms with Crippen molar-refractivity contribution in [1.29, 1.82) is 0 Å². The van der Waals surface area contributed by atoms with Crippen molar-refractivity contribution in [3.05, 3.63) is 35.4 Å². The van der Waals surface area contributed by atoms with Crippen LogP contribution in [-0.2, 0) is 11.3 Å². The van der Waals surface area contributed by atoms with E-state index in [4.69, 9.17) is 0 Å². The number of hydrogen-bond donors (Lipinski definition) is 1. The maximum atomic E-state index is 12.0. The van der Waals surface area contributed by atoms with E-state index in [2.05, 4.69) is 36.5 Å². The molecule has 0 aliphatic heterocycles. The third kappa shape index (κ3) is 2.99. The molecule has 2 aliphatic rings. The molecule has 0 radical (unpaired) electrons. The van der Waals surface area contributed by atoms with Crippen LogP contribution in [0.25, 0.3) is 0 Å². The Morgan fingerprint density at radius 2 is 2.00 bits per heavy atom. The van der Waals surface area contributed by atoms with Crippen molar-refractivity contribution in [2.45, 2.75) is 45.6 Å². The van der Waals surface area contributed by atoms with E-state index < -0.39 is 0 Å². The van der Waals surface area contributed by atoms with Gasteiger partial charge in [-0.1, -0.05) is 36.2 Å². The van der Waals surface area contributed by atoms with Crippen LogP contribution in [0.3, 0.4) is 0 Å². The van der Waals surface area contributed by atoms with Gasteiger partial charge in [0.05, 0.1) is 0 Å². The van der Waals surface area contributed by atoms with Crippen molar-refractivity contribution in [1.82, 2.24) is 5.32 Å². The molecule has 2 fully saturated rings. The van der Waals surface area contributed by atoms with Gasteiger partial charge in [0.15, 0.2) is 0 Å². The van der Waals surface area contributed by atoms with Crippen LogP contribution < -0.4 is 5.32 Å². The first-order chi connectivity index (χ1) is 9.20. The zero-order valence-corrected chi connectivity index (χ0v) is 11.7. The first-order valence-electron chi connectivity index (χ1n) is 7.53. The summed E-state index contributed by atoms with van der Waals surface area (Å²) in [4.78, 5) is 12.0. The average Bonchev–Trinajstić information content (AvgIpc) is 3.00. The lowest BCUT2D eigenvalue weighted by Crippen LogP contribution is -2.26. The molecule has 2 aliphatic carbocycles. The van der Waals surface area contributed by atoms with Crippen molar-refractivity contribution in [3.63, 3.8) is 0 Å². The molecule has 2 heteroatoms. The van der Waals surface area contributed by atoms with Gasteiger partial charge < -0.3 is 5.32 Å². The zero-order valence-electron chi connectivity index (χ0n) is 11.7. The number of hydrogen-bond acceptors (Lipinski definition) is 1. The first-order valence-corrected chi connectivity index (χ1v) is 7.53. The SMILES string of the molecule is Cc1ccc(CNC(=O)CC2CC3CCC2C3)cc1. The molecule has 19 heavy (non-hydrogen) atoms. The summed E-state index contributed by atoms with van der Waals surface area (Å²) in [6, 6.07) is 8.37. The Kier molecular flexibility index (Phi) is 3.58. The molecule has 102 valence electrons. The molecule has 3 rings (SSSR count). The zero-order chi connectivity index (χ0) is 13.2. The smallest absolute Gasteiger partial charge is 0.220 e. The van der Waals surface area contributed by atoms with Gasteiger partial charge in [-0.3, -0.25) is 4.79 Å². The van der Waals surface area contributed by atoms with Crippen molar-refractivity contribution in [2.24, 2.45) is 17.8 Å². The maximum absolute atomic E-state index is 12.0.